The number of thioether (sulfide) groups is 1. The molecule has 0 saturated carbocycles. The van der Waals surface area contributed by atoms with Crippen molar-refractivity contribution in [1.29, 1.82) is 5.26 Å². The van der Waals surface area contributed by atoms with Gasteiger partial charge in [-0.1, -0.05) is 13.8 Å². The Balaban J connectivity index is 1.97. The summed E-state index contributed by atoms with van der Waals surface area (Å²) in [5.74, 6) is -1.42. The number of nitrogens with zero attached hydrogens (tertiary/aromatic N) is 2. The predicted molar refractivity (Wildman–Crippen MR) is 112 cm³/mol. The fourth-order valence-corrected chi connectivity index (χ4v) is 6.70. The van der Waals surface area contributed by atoms with Gasteiger partial charge in [-0.05, 0) is 12.2 Å². The largest absolute Gasteiger partial charge is 0.506 e. The van der Waals surface area contributed by atoms with Gasteiger partial charge in [0.15, 0.2) is 11.5 Å². The highest BCUT2D eigenvalue weighted by Gasteiger charge is 2.59. The second-order valence-corrected chi connectivity index (χ2v) is 9.57. The molecule has 5 N–H and O–H groups in total. The minimum absolute atomic E-state index is 0.0254. The molecule has 0 aliphatic carbocycles. The fraction of sp³-hybridized carbons (Fsp3) is 0.619. The van der Waals surface area contributed by atoms with Crippen molar-refractivity contribution in [3.8, 4) is 23.3 Å². The molecule has 2 unspecified atom stereocenters. The number of hydrogen-bond acceptors (Lipinski definition) is 9. The van der Waals surface area contributed by atoms with Crippen LogP contribution in [-0.2, 0) is 4.79 Å². The maximum absolute atomic E-state index is 12.0. The van der Waals surface area contributed by atoms with Crippen LogP contribution in [0.25, 0.3) is 0 Å². The summed E-state index contributed by atoms with van der Waals surface area (Å²) >= 11 is 1.33. The van der Waals surface area contributed by atoms with Crippen molar-refractivity contribution < 1.29 is 30.0 Å². The molecule has 7 atom stereocenters. The second kappa shape index (κ2) is 8.06. The van der Waals surface area contributed by atoms with Gasteiger partial charge in [-0.3, -0.25) is 9.69 Å². The number of nitriles is 1. The molecule has 168 valence electrons. The Bertz CT molecular complexity index is 950. The molecule has 3 heterocycles. The molecule has 0 amide bonds. The number of rotatable bonds is 5. The first-order valence-electron chi connectivity index (χ1n) is 10.4. The number of benzene rings is 1. The Kier molecular flexibility index (Phi) is 5.72. The van der Waals surface area contributed by atoms with E-state index in [4.69, 9.17) is 4.74 Å². The Morgan fingerprint density at radius 3 is 2.61 bits per heavy atom. The lowest BCUT2D eigenvalue weighted by Crippen LogP contribution is -2.67. The zero-order valence-corrected chi connectivity index (χ0v) is 18.4. The monoisotopic (exact) mass is 449 g/mol. The second-order valence-electron chi connectivity index (χ2n) is 8.30. The average Bonchev–Trinajstić information content (AvgIpc) is 3.12. The molecule has 10 heteroatoms. The molecule has 31 heavy (non-hydrogen) atoms. The third kappa shape index (κ3) is 2.98. The van der Waals surface area contributed by atoms with Crippen LogP contribution in [0, 0.1) is 17.2 Å². The van der Waals surface area contributed by atoms with E-state index in [9.17, 15) is 30.5 Å². The first-order valence-corrected chi connectivity index (χ1v) is 11.4. The number of carboxylic acids is 1. The summed E-state index contributed by atoms with van der Waals surface area (Å²) in [6.07, 6.45) is 0.310. The normalized spacial score (nSPS) is 34.0. The number of hydrogen-bond donors (Lipinski definition) is 5. The number of aliphatic carboxylic acids is 1. The fourth-order valence-electron chi connectivity index (χ4n) is 5.85. The minimum Gasteiger partial charge on any atom is -0.506 e. The first-order chi connectivity index (χ1) is 14.8. The molecular weight excluding hydrogens is 422 g/mol. The summed E-state index contributed by atoms with van der Waals surface area (Å²) < 4.78 is 5.41. The third-order valence-electron chi connectivity index (χ3n) is 6.98. The van der Waals surface area contributed by atoms with E-state index in [0.717, 1.165) is 0 Å². The van der Waals surface area contributed by atoms with Crippen LogP contribution in [0.1, 0.15) is 43.4 Å². The lowest BCUT2D eigenvalue weighted by Gasteiger charge is -2.54. The highest BCUT2D eigenvalue weighted by Crippen LogP contribution is 2.58. The first kappa shape index (κ1) is 22.0. The molecule has 4 rings (SSSR count). The van der Waals surface area contributed by atoms with Crippen molar-refractivity contribution in [2.45, 2.75) is 61.3 Å². The van der Waals surface area contributed by atoms with Crippen LogP contribution in [0.5, 0.6) is 17.2 Å². The van der Waals surface area contributed by atoms with E-state index in [-0.39, 0.29) is 23.3 Å². The molecule has 2 saturated heterocycles. The number of aliphatic hydroxyl groups excluding tert-OH is 1. The van der Waals surface area contributed by atoms with Gasteiger partial charge < -0.3 is 30.5 Å². The molecular formula is C21H27N3O6S. The standard InChI is InChI=1S/C21H27N3O6S/c1-4-31-20-18(27)13-8(2)16-15-9(21(28)29)5-10(23-15)11(6-22)24(16)12(7-25)14(13)17(26)19(20)30-3/h8-12,15-16,23,25-27H,4-5,7H2,1-3H3,(H,28,29)/t8?,9-,10+,11?,12+,15-,16+/m1/s1. The van der Waals surface area contributed by atoms with E-state index in [0.29, 0.717) is 28.2 Å². The summed E-state index contributed by atoms with van der Waals surface area (Å²) in [4.78, 5) is 14.2. The summed E-state index contributed by atoms with van der Waals surface area (Å²) in [7, 11) is 1.41. The summed E-state index contributed by atoms with van der Waals surface area (Å²) in [5.41, 5.74) is 0.817. The van der Waals surface area contributed by atoms with E-state index in [1.807, 2.05) is 18.7 Å². The summed E-state index contributed by atoms with van der Waals surface area (Å²) in [5, 5.41) is 55.8. The van der Waals surface area contributed by atoms with Gasteiger partial charge >= 0.3 is 5.97 Å². The van der Waals surface area contributed by atoms with Crippen molar-refractivity contribution >= 4 is 17.7 Å². The maximum Gasteiger partial charge on any atom is 0.308 e. The minimum atomic E-state index is -0.930. The lowest BCUT2D eigenvalue weighted by atomic mass is 9.74. The van der Waals surface area contributed by atoms with Gasteiger partial charge in [-0.2, -0.15) is 5.26 Å². The zero-order valence-electron chi connectivity index (χ0n) is 17.6. The summed E-state index contributed by atoms with van der Waals surface area (Å²) in [6.45, 7) is 3.38. The van der Waals surface area contributed by atoms with E-state index >= 15 is 0 Å². The van der Waals surface area contributed by atoms with Crippen LogP contribution in [0.3, 0.4) is 0 Å². The molecule has 0 aromatic heterocycles. The smallest absolute Gasteiger partial charge is 0.308 e. The molecule has 9 nitrogen and oxygen atoms in total. The summed E-state index contributed by atoms with van der Waals surface area (Å²) in [6, 6.07) is -0.440. The molecule has 3 aliphatic rings. The molecule has 3 aliphatic heterocycles. The molecule has 2 fully saturated rings. The van der Waals surface area contributed by atoms with Crippen molar-refractivity contribution in [3.63, 3.8) is 0 Å². The lowest BCUT2D eigenvalue weighted by molar-refractivity contribution is -0.142. The molecule has 0 radical (unpaired) electrons. The van der Waals surface area contributed by atoms with Crippen LogP contribution < -0.4 is 10.1 Å². The van der Waals surface area contributed by atoms with Gasteiger partial charge in [-0.15, -0.1) is 11.8 Å². The Morgan fingerprint density at radius 2 is 2.06 bits per heavy atom. The van der Waals surface area contributed by atoms with Crippen LogP contribution in [0.2, 0.25) is 0 Å². The molecule has 2 bridgehead atoms. The van der Waals surface area contributed by atoms with Crippen LogP contribution >= 0.6 is 11.8 Å². The van der Waals surface area contributed by atoms with E-state index < -0.39 is 48.6 Å². The number of ether oxygens (including phenoxy) is 1. The number of aromatic hydroxyl groups is 2. The Labute approximate surface area is 184 Å². The number of methoxy groups -OCH3 is 1. The number of phenolic OH excluding ortho intramolecular Hbond substituents is 2. The van der Waals surface area contributed by atoms with Gasteiger partial charge in [-0.25, -0.2) is 0 Å². The molecule has 1 aromatic rings. The Morgan fingerprint density at radius 1 is 1.35 bits per heavy atom. The zero-order chi connectivity index (χ0) is 22.6. The van der Waals surface area contributed by atoms with Gasteiger partial charge in [0.2, 0.25) is 0 Å². The number of aliphatic hydroxyl groups is 1. The van der Waals surface area contributed by atoms with Crippen molar-refractivity contribution in [2.75, 3.05) is 19.5 Å². The van der Waals surface area contributed by atoms with E-state index in [1.165, 1.54) is 18.9 Å². The number of nitrogens with one attached hydrogen (secondary N) is 1. The number of phenols is 2. The average molecular weight is 450 g/mol. The van der Waals surface area contributed by atoms with E-state index in [2.05, 4.69) is 11.4 Å². The molecule has 0 spiro atoms. The number of carboxylic acid groups (broad SMARTS) is 1. The van der Waals surface area contributed by atoms with Crippen molar-refractivity contribution in [2.24, 2.45) is 5.92 Å². The van der Waals surface area contributed by atoms with Crippen LogP contribution in [0.15, 0.2) is 4.90 Å². The highest BCUT2D eigenvalue weighted by atomic mass is 32.2. The van der Waals surface area contributed by atoms with Gasteiger partial charge in [0, 0.05) is 35.2 Å². The highest BCUT2D eigenvalue weighted by molar-refractivity contribution is 7.99. The Hall–Kier alpha value is -2.19. The van der Waals surface area contributed by atoms with Crippen molar-refractivity contribution in [3.05, 3.63) is 11.1 Å². The number of fused-ring (bicyclic) bond motifs is 5. The van der Waals surface area contributed by atoms with Crippen LogP contribution in [0.4, 0.5) is 0 Å². The number of carbonyl (C=O) groups is 1. The number of piperazine rings is 1. The van der Waals surface area contributed by atoms with Gasteiger partial charge in [0.05, 0.1) is 36.6 Å². The maximum atomic E-state index is 12.0. The topological polar surface area (TPSA) is 146 Å². The van der Waals surface area contributed by atoms with E-state index in [1.54, 1.807) is 0 Å². The molecule has 1 aromatic carbocycles. The van der Waals surface area contributed by atoms with Crippen LogP contribution in [-0.4, -0.2) is 74.9 Å². The van der Waals surface area contributed by atoms with Gasteiger partial charge in [0.1, 0.15) is 11.8 Å². The third-order valence-corrected chi connectivity index (χ3v) is 7.93. The predicted octanol–water partition coefficient (Wildman–Crippen LogP) is 1.38. The van der Waals surface area contributed by atoms with Gasteiger partial charge in [0.25, 0.3) is 0 Å². The SMILES string of the molecule is CCSc1c(O)c2c(c(O)c1OC)[C@H](CO)N1C(C#N)[C@@H]3C[C@@H](C(=O)O)[C@@H](N3)[C@@H]1C2C. The van der Waals surface area contributed by atoms with Crippen molar-refractivity contribution in [1.82, 2.24) is 10.2 Å². The quantitative estimate of drug-likeness (QED) is 0.330.